The van der Waals surface area contributed by atoms with Crippen LogP contribution in [-0.4, -0.2) is 39.8 Å². The summed E-state index contributed by atoms with van der Waals surface area (Å²) in [7, 11) is 2.32. The van der Waals surface area contributed by atoms with Crippen molar-refractivity contribution in [1.82, 2.24) is 0 Å². The molecule has 0 amide bonds. The van der Waals surface area contributed by atoms with E-state index in [-0.39, 0.29) is 17.1 Å². The van der Waals surface area contributed by atoms with Gasteiger partial charge in [-0.25, -0.2) is 0 Å². The Labute approximate surface area is 145 Å². The molecule has 9 heteroatoms. The summed E-state index contributed by atoms with van der Waals surface area (Å²) in [6.07, 6.45) is 0. The summed E-state index contributed by atoms with van der Waals surface area (Å²) in [6, 6.07) is 3.61. The van der Waals surface area contributed by atoms with Gasteiger partial charge in [-0.15, -0.1) is 0 Å². The van der Waals surface area contributed by atoms with Crippen LogP contribution in [0, 0.1) is 0 Å². The van der Waals surface area contributed by atoms with Crippen LogP contribution in [0.15, 0.2) is 27.4 Å². The molecule has 0 aliphatic heterocycles. The molecule has 1 heterocycles. The standard InChI is InChI=1S/C17H14O9/c1-24-16-10(20)9-11(21)17(25-2)14(26-15(9)12(22)13(16)23)6-3-4-7(18)8(19)5-6/h3-5,18-20,22-23H,1-2H3. The molecule has 0 fully saturated rings. The SMILES string of the molecule is COc1c(O)c(O)c2oc(-c3ccc(O)c(O)c3)c(OC)c(=O)c2c1O. The van der Waals surface area contributed by atoms with E-state index in [1.54, 1.807) is 0 Å². The number of ether oxygens (including phenoxy) is 2. The van der Waals surface area contributed by atoms with Crippen LogP contribution in [0.5, 0.6) is 40.2 Å². The zero-order valence-electron chi connectivity index (χ0n) is 13.6. The highest BCUT2D eigenvalue weighted by molar-refractivity contribution is 5.96. The summed E-state index contributed by atoms with van der Waals surface area (Å²) in [5, 5.41) is 48.9. The molecule has 0 aliphatic rings. The number of hydrogen-bond acceptors (Lipinski definition) is 9. The number of phenols is 5. The van der Waals surface area contributed by atoms with Gasteiger partial charge in [0.15, 0.2) is 28.6 Å². The lowest BCUT2D eigenvalue weighted by atomic mass is 10.1. The zero-order valence-corrected chi connectivity index (χ0v) is 13.6. The third kappa shape index (κ3) is 2.29. The smallest absolute Gasteiger partial charge is 0.239 e. The second-order valence-corrected chi connectivity index (χ2v) is 5.28. The zero-order chi connectivity index (χ0) is 19.2. The predicted molar refractivity (Wildman–Crippen MR) is 89.3 cm³/mol. The minimum atomic E-state index is -0.845. The highest BCUT2D eigenvalue weighted by atomic mass is 16.5. The molecule has 2 aromatic carbocycles. The summed E-state index contributed by atoms with van der Waals surface area (Å²) in [6.45, 7) is 0. The summed E-state index contributed by atoms with van der Waals surface area (Å²) < 4.78 is 15.3. The van der Waals surface area contributed by atoms with E-state index in [1.807, 2.05) is 0 Å². The van der Waals surface area contributed by atoms with Gasteiger partial charge in [0.1, 0.15) is 5.39 Å². The summed E-state index contributed by atoms with van der Waals surface area (Å²) in [4.78, 5) is 12.8. The number of rotatable bonds is 3. The first-order valence-electron chi connectivity index (χ1n) is 7.19. The van der Waals surface area contributed by atoms with E-state index in [0.717, 1.165) is 19.2 Å². The minimum Gasteiger partial charge on any atom is -0.504 e. The molecule has 0 spiro atoms. The average molecular weight is 362 g/mol. The van der Waals surface area contributed by atoms with Gasteiger partial charge in [0.2, 0.25) is 28.4 Å². The van der Waals surface area contributed by atoms with Crippen LogP contribution in [0.1, 0.15) is 0 Å². The van der Waals surface area contributed by atoms with Crippen LogP contribution < -0.4 is 14.9 Å². The Bertz CT molecular complexity index is 1080. The van der Waals surface area contributed by atoms with Crippen LogP contribution in [0.2, 0.25) is 0 Å². The lowest BCUT2D eigenvalue weighted by Gasteiger charge is -2.14. The van der Waals surface area contributed by atoms with Gasteiger partial charge >= 0.3 is 0 Å². The molecule has 3 rings (SSSR count). The van der Waals surface area contributed by atoms with Crippen molar-refractivity contribution >= 4 is 11.0 Å². The second-order valence-electron chi connectivity index (χ2n) is 5.28. The molecular weight excluding hydrogens is 348 g/mol. The number of phenolic OH excluding ortho intramolecular Hbond substituents is 5. The molecule has 0 bridgehead atoms. The van der Waals surface area contributed by atoms with Gasteiger partial charge in [-0.05, 0) is 18.2 Å². The van der Waals surface area contributed by atoms with Crippen LogP contribution in [0.4, 0.5) is 0 Å². The average Bonchev–Trinajstić information content (AvgIpc) is 2.61. The highest BCUT2D eigenvalue weighted by Gasteiger charge is 2.27. The number of aromatic hydroxyl groups is 5. The number of fused-ring (bicyclic) bond motifs is 1. The molecule has 5 N–H and O–H groups in total. The Kier molecular flexibility index (Phi) is 3.91. The van der Waals surface area contributed by atoms with Gasteiger partial charge in [-0.3, -0.25) is 4.79 Å². The van der Waals surface area contributed by atoms with E-state index in [4.69, 9.17) is 13.9 Å². The number of benzene rings is 2. The van der Waals surface area contributed by atoms with E-state index in [2.05, 4.69) is 0 Å². The van der Waals surface area contributed by atoms with Crippen LogP contribution in [0.3, 0.4) is 0 Å². The van der Waals surface area contributed by atoms with Crippen molar-refractivity contribution in [3.63, 3.8) is 0 Å². The Morgan fingerprint density at radius 2 is 1.50 bits per heavy atom. The van der Waals surface area contributed by atoms with Crippen LogP contribution >= 0.6 is 0 Å². The van der Waals surface area contributed by atoms with Crippen molar-refractivity contribution in [3.8, 4) is 51.6 Å². The molecule has 9 nitrogen and oxygen atoms in total. The normalized spacial score (nSPS) is 10.8. The van der Waals surface area contributed by atoms with Gasteiger partial charge in [-0.2, -0.15) is 0 Å². The molecule has 1 aromatic heterocycles. The summed E-state index contributed by atoms with van der Waals surface area (Å²) in [5.74, 6) is -4.26. The van der Waals surface area contributed by atoms with E-state index in [9.17, 15) is 30.3 Å². The van der Waals surface area contributed by atoms with Crippen molar-refractivity contribution in [2.24, 2.45) is 0 Å². The summed E-state index contributed by atoms with van der Waals surface area (Å²) in [5.41, 5.74) is -1.21. The quantitative estimate of drug-likeness (QED) is 0.348. The minimum absolute atomic E-state index is 0.144. The Balaban J connectivity index is 2.48. The molecule has 0 atom stereocenters. The van der Waals surface area contributed by atoms with Crippen molar-refractivity contribution in [1.29, 1.82) is 0 Å². The Hall–Kier alpha value is -3.75. The fourth-order valence-corrected chi connectivity index (χ4v) is 2.58. The maximum absolute atomic E-state index is 12.8. The monoisotopic (exact) mass is 362 g/mol. The van der Waals surface area contributed by atoms with Crippen molar-refractivity contribution in [2.45, 2.75) is 0 Å². The van der Waals surface area contributed by atoms with Gasteiger partial charge in [0, 0.05) is 5.56 Å². The first-order chi connectivity index (χ1) is 12.3. The molecule has 26 heavy (non-hydrogen) atoms. The van der Waals surface area contributed by atoms with Gasteiger partial charge in [-0.1, -0.05) is 0 Å². The molecule has 0 aliphatic carbocycles. The van der Waals surface area contributed by atoms with Gasteiger partial charge in [0.05, 0.1) is 14.2 Å². The Morgan fingerprint density at radius 3 is 2.08 bits per heavy atom. The number of methoxy groups -OCH3 is 2. The van der Waals surface area contributed by atoms with E-state index >= 15 is 0 Å². The lowest BCUT2D eigenvalue weighted by molar-refractivity contribution is 0.329. The fourth-order valence-electron chi connectivity index (χ4n) is 2.58. The third-order valence-electron chi connectivity index (χ3n) is 3.82. The molecule has 0 unspecified atom stereocenters. The molecule has 0 saturated carbocycles. The first-order valence-corrected chi connectivity index (χ1v) is 7.19. The lowest BCUT2D eigenvalue weighted by Crippen LogP contribution is -2.08. The molecule has 0 radical (unpaired) electrons. The Morgan fingerprint density at radius 1 is 0.846 bits per heavy atom. The topological polar surface area (TPSA) is 150 Å². The number of hydrogen-bond donors (Lipinski definition) is 5. The first kappa shape index (κ1) is 17.1. The van der Waals surface area contributed by atoms with Crippen LogP contribution in [-0.2, 0) is 0 Å². The largest absolute Gasteiger partial charge is 0.504 e. The molecule has 136 valence electrons. The maximum atomic E-state index is 12.8. The van der Waals surface area contributed by atoms with Crippen LogP contribution in [0.25, 0.3) is 22.3 Å². The van der Waals surface area contributed by atoms with E-state index in [0.29, 0.717) is 0 Å². The van der Waals surface area contributed by atoms with E-state index < -0.39 is 50.9 Å². The van der Waals surface area contributed by atoms with Crippen molar-refractivity contribution in [3.05, 3.63) is 28.4 Å². The van der Waals surface area contributed by atoms with E-state index in [1.165, 1.54) is 13.2 Å². The molecule has 0 saturated heterocycles. The third-order valence-corrected chi connectivity index (χ3v) is 3.82. The van der Waals surface area contributed by atoms with Gasteiger partial charge < -0.3 is 39.4 Å². The van der Waals surface area contributed by atoms with Crippen molar-refractivity contribution in [2.75, 3.05) is 14.2 Å². The predicted octanol–water partition coefficient (Wildman–Crippen LogP) is 2.01. The molecular formula is C17H14O9. The van der Waals surface area contributed by atoms with Crippen molar-refractivity contribution < 1.29 is 39.4 Å². The fraction of sp³-hybridized carbons (Fsp3) is 0.118. The second kappa shape index (κ2) is 5.96. The van der Waals surface area contributed by atoms with Gasteiger partial charge in [0.25, 0.3) is 0 Å². The molecule has 3 aromatic rings. The highest BCUT2D eigenvalue weighted by Crippen LogP contribution is 2.50. The maximum Gasteiger partial charge on any atom is 0.239 e. The summed E-state index contributed by atoms with van der Waals surface area (Å²) >= 11 is 0.